The van der Waals surface area contributed by atoms with Crippen molar-refractivity contribution in [2.75, 3.05) is 9.44 Å². The number of nitrogens with one attached hydrogen (secondary N) is 2. The van der Waals surface area contributed by atoms with Gasteiger partial charge in [0.15, 0.2) is 0 Å². The van der Waals surface area contributed by atoms with Crippen LogP contribution < -0.4 is 9.44 Å². The average molecular weight is 507 g/mol. The van der Waals surface area contributed by atoms with Crippen LogP contribution in [-0.2, 0) is 20.0 Å². The van der Waals surface area contributed by atoms with Gasteiger partial charge >= 0.3 is 0 Å². The fourth-order valence-corrected chi connectivity index (χ4v) is 5.28. The van der Waals surface area contributed by atoms with Crippen molar-refractivity contribution in [1.29, 1.82) is 0 Å². The molecule has 4 aromatic rings. The molecule has 12 heteroatoms. The summed E-state index contributed by atoms with van der Waals surface area (Å²) in [6.07, 6.45) is 1.46. The second-order valence-corrected chi connectivity index (χ2v) is 10.5. The molecule has 0 amide bonds. The molecule has 33 heavy (non-hydrogen) atoms. The van der Waals surface area contributed by atoms with Gasteiger partial charge in [-0.25, -0.2) is 25.9 Å². The van der Waals surface area contributed by atoms with Gasteiger partial charge in [0, 0.05) is 11.8 Å². The van der Waals surface area contributed by atoms with Gasteiger partial charge < -0.3 is 0 Å². The molecule has 1 aromatic heterocycles. The van der Waals surface area contributed by atoms with Crippen molar-refractivity contribution in [3.63, 3.8) is 0 Å². The largest absolute Gasteiger partial charge is 0.280 e. The van der Waals surface area contributed by atoms with Gasteiger partial charge in [0.1, 0.15) is 11.6 Å². The summed E-state index contributed by atoms with van der Waals surface area (Å²) in [6.45, 7) is 0. The van der Waals surface area contributed by atoms with E-state index in [0.29, 0.717) is 5.69 Å². The molecule has 0 aliphatic carbocycles. The highest BCUT2D eigenvalue weighted by Gasteiger charge is 2.19. The van der Waals surface area contributed by atoms with Crippen molar-refractivity contribution in [3.05, 3.63) is 95.9 Å². The Labute approximate surface area is 194 Å². The topological polar surface area (TPSA) is 110 Å². The zero-order chi connectivity index (χ0) is 23.6. The van der Waals surface area contributed by atoms with E-state index in [4.69, 9.17) is 11.6 Å². The van der Waals surface area contributed by atoms with E-state index in [1.54, 1.807) is 24.3 Å². The summed E-state index contributed by atoms with van der Waals surface area (Å²) >= 11 is 5.66. The molecule has 0 aliphatic rings. The zero-order valence-electron chi connectivity index (χ0n) is 16.7. The van der Waals surface area contributed by atoms with Gasteiger partial charge in [0.2, 0.25) is 0 Å². The third-order valence-corrected chi connectivity index (χ3v) is 7.54. The second-order valence-electron chi connectivity index (χ2n) is 6.78. The Morgan fingerprint density at radius 2 is 1.42 bits per heavy atom. The van der Waals surface area contributed by atoms with Crippen LogP contribution >= 0.6 is 11.6 Å². The highest BCUT2D eigenvalue weighted by molar-refractivity contribution is 7.93. The molecule has 0 saturated heterocycles. The molecule has 0 bridgehead atoms. The molecule has 0 unspecified atom stereocenters. The van der Waals surface area contributed by atoms with Crippen molar-refractivity contribution >= 4 is 43.2 Å². The number of rotatable bonds is 7. The smallest absolute Gasteiger partial charge is 0.263 e. The summed E-state index contributed by atoms with van der Waals surface area (Å²) in [5.41, 5.74) is 0.787. The quantitative estimate of drug-likeness (QED) is 0.389. The number of hydrogen-bond donors (Lipinski definition) is 2. The average Bonchev–Trinajstić information content (AvgIpc) is 3.23. The Balaban J connectivity index is 1.53. The SMILES string of the molecule is O=S(=O)(Nc1ccc(S(=O)(=O)Nc2ccnn2-c2ccccc2)cc1)c1ccc(F)c(Cl)c1. The molecule has 0 atom stereocenters. The molecule has 0 aliphatic heterocycles. The van der Waals surface area contributed by atoms with Gasteiger partial charge in [-0.1, -0.05) is 29.8 Å². The zero-order valence-corrected chi connectivity index (χ0v) is 19.1. The predicted octanol–water partition coefficient (Wildman–Crippen LogP) is 4.27. The van der Waals surface area contributed by atoms with Crippen molar-refractivity contribution in [3.8, 4) is 5.69 Å². The summed E-state index contributed by atoms with van der Waals surface area (Å²) in [6, 6.07) is 18.6. The minimum absolute atomic E-state index is 0.0870. The summed E-state index contributed by atoms with van der Waals surface area (Å²) < 4.78 is 70.2. The van der Waals surface area contributed by atoms with Crippen LogP contribution in [0, 0.1) is 5.82 Å². The van der Waals surface area contributed by atoms with Crippen molar-refractivity contribution < 1.29 is 21.2 Å². The summed E-state index contributed by atoms with van der Waals surface area (Å²) in [4.78, 5) is -0.322. The van der Waals surface area contributed by atoms with Crippen LogP contribution in [0.25, 0.3) is 5.69 Å². The summed E-state index contributed by atoms with van der Waals surface area (Å²) in [7, 11) is -8.04. The highest BCUT2D eigenvalue weighted by Crippen LogP contribution is 2.24. The third-order valence-electron chi connectivity index (χ3n) is 4.50. The lowest BCUT2D eigenvalue weighted by Gasteiger charge is -2.12. The molecule has 170 valence electrons. The number of nitrogens with zero attached hydrogens (tertiary/aromatic N) is 2. The van der Waals surface area contributed by atoms with Gasteiger partial charge in [-0.15, -0.1) is 0 Å². The maximum Gasteiger partial charge on any atom is 0.263 e. The number of aromatic nitrogens is 2. The molecule has 8 nitrogen and oxygen atoms in total. The van der Waals surface area contributed by atoms with E-state index in [0.717, 1.165) is 18.2 Å². The number of para-hydroxylation sites is 1. The molecule has 0 saturated carbocycles. The molecule has 1 heterocycles. The Bertz CT molecular complexity index is 1510. The van der Waals surface area contributed by atoms with Gasteiger partial charge in [0.05, 0.1) is 26.7 Å². The number of benzene rings is 3. The first-order valence-corrected chi connectivity index (χ1v) is 12.7. The molecule has 4 rings (SSSR count). The minimum Gasteiger partial charge on any atom is -0.280 e. The second kappa shape index (κ2) is 8.85. The molecule has 0 spiro atoms. The predicted molar refractivity (Wildman–Crippen MR) is 123 cm³/mol. The molecule has 0 fully saturated rings. The fraction of sp³-hybridized carbons (Fsp3) is 0. The number of anilines is 2. The van der Waals surface area contributed by atoms with E-state index in [2.05, 4.69) is 14.5 Å². The number of sulfonamides is 2. The van der Waals surface area contributed by atoms with E-state index < -0.39 is 25.9 Å². The first-order chi connectivity index (χ1) is 15.7. The van der Waals surface area contributed by atoms with E-state index in [1.807, 2.05) is 6.07 Å². The van der Waals surface area contributed by atoms with Crippen LogP contribution in [0.1, 0.15) is 0 Å². The van der Waals surface area contributed by atoms with E-state index in [1.165, 1.54) is 41.2 Å². The van der Waals surface area contributed by atoms with Crippen LogP contribution in [-0.4, -0.2) is 26.6 Å². The van der Waals surface area contributed by atoms with E-state index in [9.17, 15) is 21.2 Å². The maximum absolute atomic E-state index is 13.3. The van der Waals surface area contributed by atoms with Crippen LogP contribution in [0.5, 0.6) is 0 Å². The Morgan fingerprint density at radius 1 is 0.788 bits per heavy atom. The molecular formula is C21H16ClFN4O4S2. The van der Waals surface area contributed by atoms with Crippen LogP contribution in [0.4, 0.5) is 15.9 Å². The lowest BCUT2D eigenvalue weighted by atomic mass is 10.3. The van der Waals surface area contributed by atoms with Gasteiger partial charge in [0.25, 0.3) is 20.0 Å². The summed E-state index contributed by atoms with van der Waals surface area (Å²) in [5.74, 6) is -0.509. The molecule has 0 radical (unpaired) electrons. The van der Waals surface area contributed by atoms with Crippen LogP contribution in [0.2, 0.25) is 5.02 Å². The molecule has 2 N–H and O–H groups in total. The Kier molecular flexibility index (Phi) is 6.11. The van der Waals surface area contributed by atoms with Crippen molar-refractivity contribution in [2.24, 2.45) is 0 Å². The van der Waals surface area contributed by atoms with Crippen molar-refractivity contribution in [2.45, 2.75) is 9.79 Å². The van der Waals surface area contributed by atoms with Crippen LogP contribution in [0.15, 0.2) is 94.9 Å². The Morgan fingerprint density at radius 3 is 2.09 bits per heavy atom. The van der Waals surface area contributed by atoms with Gasteiger partial charge in [-0.2, -0.15) is 5.10 Å². The fourth-order valence-electron chi connectivity index (χ4n) is 2.91. The standard InChI is InChI=1S/C21H16ClFN4O4S2/c22-19-14-18(10-11-20(19)23)33(30,31)25-15-6-8-17(9-7-15)32(28,29)26-21-12-13-24-27(21)16-4-2-1-3-5-16/h1-14,25-26H. The van der Waals surface area contributed by atoms with E-state index >= 15 is 0 Å². The van der Waals surface area contributed by atoms with Gasteiger partial charge in [-0.3, -0.25) is 9.44 Å². The van der Waals surface area contributed by atoms with Crippen LogP contribution in [0.3, 0.4) is 0 Å². The normalized spacial score (nSPS) is 11.8. The lowest BCUT2D eigenvalue weighted by molar-refractivity contribution is 0.598. The summed E-state index contributed by atoms with van der Waals surface area (Å²) in [5, 5.41) is 3.81. The first kappa shape index (κ1) is 22.8. The van der Waals surface area contributed by atoms with Gasteiger partial charge in [-0.05, 0) is 54.6 Å². The minimum atomic E-state index is -4.06. The third kappa shape index (κ3) is 5.00. The number of halogens is 2. The number of hydrogen-bond acceptors (Lipinski definition) is 5. The van der Waals surface area contributed by atoms with E-state index in [-0.39, 0.29) is 26.3 Å². The van der Waals surface area contributed by atoms with Crippen molar-refractivity contribution in [1.82, 2.24) is 9.78 Å². The monoisotopic (exact) mass is 506 g/mol. The molecule has 3 aromatic carbocycles. The Hall–Kier alpha value is -3.41. The highest BCUT2D eigenvalue weighted by atomic mass is 35.5. The molecular weight excluding hydrogens is 491 g/mol. The first-order valence-electron chi connectivity index (χ1n) is 9.36. The lowest BCUT2D eigenvalue weighted by Crippen LogP contribution is -2.16. The maximum atomic E-state index is 13.3.